The molecular formula is C13H18N2O5. The minimum Gasteiger partial charge on any atom is -0.490 e. The van der Waals surface area contributed by atoms with Gasteiger partial charge in [-0.25, -0.2) is 0 Å². The van der Waals surface area contributed by atoms with Crippen molar-refractivity contribution in [2.45, 2.75) is 20.0 Å². The molecule has 20 heavy (non-hydrogen) atoms. The lowest BCUT2D eigenvalue weighted by Crippen LogP contribution is -2.34. The molecule has 2 N–H and O–H groups in total. The first-order chi connectivity index (χ1) is 9.36. The van der Waals surface area contributed by atoms with Crippen molar-refractivity contribution in [3.05, 3.63) is 33.9 Å². The van der Waals surface area contributed by atoms with E-state index in [-0.39, 0.29) is 29.5 Å². The van der Waals surface area contributed by atoms with E-state index in [2.05, 4.69) is 5.32 Å². The SMILES string of the molecule is COc1ccc(C(=O)NCC(O)C(C)C)cc1[N+](=O)[O-]. The molecule has 0 saturated heterocycles. The van der Waals surface area contributed by atoms with E-state index in [1.165, 1.54) is 19.2 Å². The number of nitrogens with zero attached hydrogens (tertiary/aromatic N) is 1. The molecule has 0 aliphatic rings. The molecule has 1 aromatic rings. The molecule has 0 heterocycles. The van der Waals surface area contributed by atoms with Gasteiger partial charge in [-0.15, -0.1) is 0 Å². The van der Waals surface area contributed by atoms with Crippen LogP contribution >= 0.6 is 0 Å². The first-order valence-corrected chi connectivity index (χ1v) is 6.15. The zero-order chi connectivity index (χ0) is 15.3. The van der Waals surface area contributed by atoms with Gasteiger partial charge >= 0.3 is 5.69 Å². The van der Waals surface area contributed by atoms with E-state index in [0.29, 0.717) is 0 Å². The zero-order valence-corrected chi connectivity index (χ0v) is 11.6. The Hall–Kier alpha value is -2.15. The van der Waals surface area contributed by atoms with Crippen LogP contribution in [0.25, 0.3) is 0 Å². The van der Waals surface area contributed by atoms with Crippen molar-refractivity contribution in [1.82, 2.24) is 5.32 Å². The third kappa shape index (κ3) is 3.92. The van der Waals surface area contributed by atoms with Crippen LogP contribution in [0.3, 0.4) is 0 Å². The van der Waals surface area contributed by atoms with Gasteiger partial charge in [0, 0.05) is 18.2 Å². The van der Waals surface area contributed by atoms with E-state index in [1.807, 2.05) is 13.8 Å². The van der Waals surface area contributed by atoms with Gasteiger partial charge in [-0.05, 0) is 18.1 Å². The van der Waals surface area contributed by atoms with Crippen LogP contribution < -0.4 is 10.1 Å². The third-order valence-corrected chi connectivity index (χ3v) is 2.88. The number of aliphatic hydroxyl groups is 1. The molecular weight excluding hydrogens is 264 g/mol. The van der Waals surface area contributed by atoms with Crippen LogP contribution in [0, 0.1) is 16.0 Å². The van der Waals surface area contributed by atoms with Crippen molar-refractivity contribution >= 4 is 11.6 Å². The maximum Gasteiger partial charge on any atom is 0.311 e. The summed E-state index contributed by atoms with van der Waals surface area (Å²) in [5.74, 6) is -0.371. The topological polar surface area (TPSA) is 102 Å². The zero-order valence-electron chi connectivity index (χ0n) is 11.6. The van der Waals surface area contributed by atoms with Gasteiger partial charge < -0.3 is 15.2 Å². The van der Waals surface area contributed by atoms with Crippen molar-refractivity contribution in [2.24, 2.45) is 5.92 Å². The summed E-state index contributed by atoms with van der Waals surface area (Å²) in [6.45, 7) is 3.75. The highest BCUT2D eigenvalue weighted by atomic mass is 16.6. The van der Waals surface area contributed by atoms with Gasteiger partial charge in [0.25, 0.3) is 5.91 Å². The smallest absolute Gasteiger partial charge is 0.311 e. The van der Waals surface area contributed by atoms with Crippen LogP contribution in [0.4, 0.5) is 5.69 Å². The van der Waals surface area contributed by atoms with Crippen LogP contribution in [0.5, 0.6) is 5.75 Å². The van der Waals surface area contributed by atoms with E-state index in [0.717, 1.165) is 6.07 Å². The van der Waals surface area contributed by atoms with Crippen molar-refractivity contribution in [3.8, 4) is 5.75 Å². The van der Waals surface area contributed by atoms with E-state index >= 15 is 0 Å². The molecule has 0 radical (unpaired) electrons. The summed E-state index contributed by atoms with van der Waals surface area (Å²) in [5.41, 5.74) is -0.127. The van der Waals surface area contributed by atoms with Crippen LogP contribution in [0.2, 0.25) is 0 Å². The summed E-state index contributed by atoms with van der Waals surface area (Å²) >= 11 is 0. The molecule has 0 aliphatic heterocycles. The minimum absolute atomic E-state index is 0.0144. The monoisotopic (exact) mass is 282 g/mol. The fourth-order valence-electron chi connectivity index (χ4n) is 1.51. The highest BCUT2D eigenvalue weighted by Gasteiger charge is 2.18. The number of nitrogens with one attached hydrogen (secondary N) is 1. The predicted octanol–water partition coefficient (Wildman–Crippen LogP) is 1.35. The number of rotatable bonds is 6. The first-order valence-electron chi connectivity index (χ1n) is 6.15. The van der Waals surface area contributed by atoms with Crippen LogP contribution in [0.1, 0.15) is 24.2 Å². The molecule has 7 heteroatoms. The first kappa shape index (κ1) is 15.9. The second-order valence-corrected chi connectivity index (χ2v) is 4.67. The van der Waals surface area contributed by atoms with Crippen LogP contribution in [-0.2, 0) is 0 Å². The summed E-state index contributed by atoms with van der Waals surface area (Å²) in [7, 11) is 1.32. The van der Waals surface area contributed by atoms with Crippen molar-refractivity contribution in [2.75, 3.05) is 13.7 Å². The molecule has 1 amide bonds. The summed E-state index contributed by atoms with van der Waals surface area (Å²) in [5, 5.41) is 23.0. The van der Waals surface area contributed by atoms with Gasteiger partial charge in [0.2, 0.25) is 0 Å². The molecule has 110 valence electrons. The molecule has 1 aromatic carbocycles. The number of hydrogen-bond donors (Lipinski definition) is 2. The quantitative estimate of drug-likeness (QED) is 0.605. The van der Waals surface area contributed by atoms with Crippen molar-refractivity contribution in [1.29, 1.82) is 0 Å². The van der Waals surface area contributed by atoms with E-state index < -0.39 is 16.9 Å². The maximum atomic E-state index is 11.9. The number of carbonyl (C=O) groups is 1. The van der Waals surface area contributed by atoms with Gasteiger partial charge in [0.05, 0.1) is 18.1 Å². The molecule has 0 aliphatic carbocycles. The van der Waals surface area contributed by atoms with E-state index in [4.69, 9.17) is 4.74 Å². The van der Waals surface area contributed by atoms with Gasteiger partial charge in [0.15, 0.2) is 5.75 Å². The number of nitro groups is 1. The van der Waals surface area contributed by atoms with Crippen LogP contribution in [0.15, 0.2) is 18.2 Å². The molecule has 0 bridgehead atoms. The lowest BCUT2D eigenvalue weighted by atomic mass is 10.1. The Bertz CT molecular complexity index is 502. The summed E-state index contributed by atoms with van der Waals surface area (Å²) in [6.07, 6.45) is -0.660. The average Bonchev–Trinajstić information content (AvgIpc) is 2.43. The molecule has 1 rings (SSSR count). The Morgan fingerprint density at radius 2 is 2.15 bits per heavy atom. The molecule has 0 saturated carbocycles. The number of carbonyl (C=O) groups excluding carboxylic acids is 1. The number of ether oxygens (including phenoxy) is 1. The molecule has 0 fully saturated rings. The Labute approximate surface area is 116 Å². The van der Waals surface area contributed by atoms with Gasteiger partial charge in [-0.3, -0.25) is 14.9 Å². The molecule has 7 nitrogen and oxygen atoms in total. The second kappa shape index (κ2) is 6.85. The Balaban J connectivity index is 2.84. The molecule has 0 aromatic heterocycles. The molecule has 1 unspecified atom stereocenters. The summed E-state index contributed by atoms with van der Waals surface area (Å²) in [6, 6.07) is 3.95. The Kier molecular flexibility index (Phi) is 5.45. The highest BCUT2D eigenvalue weighted by Crippen LogP contribution is 2.27. The lowest BCUT2D eigenvalue weighted by molar-refractivity contribution is -0.385. The average molecular weight is 282 g/mol. The number of hydrogen-bond acceptors (Lipinski definition) is 5. The minimum atomic E-state index is -0.660. The summed E-state index contributed by atoms with van der Waals surface area (Å²) in [4.78, 5) is 22.1. The largest absolute Gasteiger partial charge is 0.490 e. The van der Waals surface area contributed by atoms with Gasteiger partial charge in [-0.1, -0.05) is 13.8 Å². The standard InChI is InChI=1S/C13H18N2O5/c1-8(2)11(16)7-14-13(17)9-4-5-12(20-3)10(6-9)15(18)19/h4-6,8,11,16H,7H2,1-3H3,(H,14,17). The third-order valence-electron chi connectivity index (χ3n) is 2.88. The predicted molar refractivity (Wildman–Crippen MR) is 72.8 cm³/mol. The highest BCUT2D eigenvalue weighted by molar-refractivity contribution is 5.95. The van der Waals surface area contributed by atoms with Gasteiger partial charge in [0.1, 0.15) is 0 Å². The van der Waals surface area contributed by atoms with Crippen molar-refractivity contribution in [3.63, 3.8) is 0 Å². The van der Waals surface area contributed by atoms with Gasteiger partial charge in [-0.2, -0.15) is 0 Å². The lowest BCUT2D eigenvalue weighted by Gasteiger charge is -2.15. The number of aliphatic hydroxyl groups excluding tert-OH is 1. The van der Waals surface area contributed by atoms with E-state index in [9.17, 15) is 20.0 Å². The fourth-order valence-corrected chi connectivity index (χ4v) is 1.51. The number of amides is 1. The summed E-state index contributed by atoms with van der Waals surface area (Å²) < 4.78 is 4.86. The normalized spacial score (nSPS) is 12.1. The maximum absolute atomic E-state index is 11.9. The fraction of sp³-hybridized carbons (Fsp3) is 0.462. The van der Waals surface area contributed by atoms with Crippen molar-refractivity contribution < 1.29 is 19.6 Å². The number of nitro benzene ring substituents is 1. The second-order valence-electron chi connectivity index (χ2n) is 4.67. The molecule has 0 spiro atoms. The Morgan fingerprint density at radius 1 is 1.50 bits per heavy atom. The van der Waals surface area contributed by atoms with E-state index in [1.54, 1.807) is 0 Å². The van der Waals surface area contributed by atoms with Crippen LogP contribution in [-0.4, -0.2) is 35.7 Å². The number of benzene rings is 1. The Morgan fingerprint density at radius 3 is 2.65 bits per heavy atom. The molecule has 1 atom stereocenters. The number of methoxy groups -OCH3 is 1.